The maximum atomic E-state index is 13.0. The monoisotopic (exact) mass is 437 g/mol. The van der Waals surface area contributed by atoms with E-state index in [2.05, 4.69) is 46.9 Å². The van der Waals surface area contributed by atoms with E-state index in [1.165, 1.54) is 0 Å². The van der Waals surface area contributed by atoms with E-state index in [0.29, 0.717) is 6.54 Å². The SMILES string of the molecule is O=C1c2ccccc2/C(=C(\I)c2ccccc2)N1Cc1ccccc1. The average molecular weight is 437 g/mol. The van der Waals surface area contributed by atoms with Gasteiger partial charge in [-0.3, -0.25) is 4.79 Å². The summed E-state index contributed by atoms with van der Waals surface area (Å²) in [6, 6.07) is 28.2. The van der Waals surface area contributed by atoms with Crippen LogP contribution in [0.3, 0.4) is 0 Å². The number of hydrogen-bond donors (Lipinski definition) is 0. The highest BCUT2D eigenvalue weighted by Gasteiger charge is 2.33. The van der Waals surface area contributed by atoms with Gasteiger partial charge in [0.1, 0.15) is 0 Å². The van der Waals surface area contributed by atoms with Crippen LogP contribution in [-0.2, 0) is 6.54 Å². The number of nitrogens with zero attached hydrogens (tertiary/aromatic N) is 1. The van der Waals surface area contributed by atoms with Crippen molar-refractivity contribution >= 4 is 37.8 Å². The Hall–Kier alpha value is -2.40. The highest BCUT2D eigenvalue weighted by molar-refractivity contribution is 14.1. The van der Waals surface area contributed by atoms with Crippen molar-refractivity contribution in [1.82, 2.24) is 4.90 Å². The van der Waals surface area contributed by atoms with Crippen molar-refractivity contribution in [3.63, 3.8) is 0 Å². The Bertz CT molecular complexity index is 948. The lowest BCUT2D eigenvalue weighted by atomic mass is 10.1. The number of amides is 1. The van der Waals surface area contributed by atoms with Crippen molar-refractivity contribution in [2.24, 2.45) is 0 Å². The second-order valence-corrected chi connectivity index (χ2v) is 7.03. The minimum Gasteiger partial charge on any atom is -0.302 e. The number of carbonyl (C=O) groups excluding carboxylic acids is 1. The number of benzene rings is 3. The summed E-state index contributed by atoms with van der Waals surface area (Å²) in [5.41, 5.74) is 5.03. The molecular weight excluding hydrogens is 421 g/mol. The molecule has 0 aliphatic carbocycles. The molecule has 1 heterocycles. The fraction of sp³-hybridized carbons (Fsp3) is 0.0455. The summed E-state index contributed by atoms with van der Waals surface area (Å²) in [4.78, 5) is 14.9. The molecule has 1 aliphatic heterocycles. The maximum Gasteiger partial charge on any atom is 0.259 e. The molecule has 0 radical (unpaired) electrons. The number of hydrogen-bond acceptors (Lipinski definition) is 1. The first-order valence-electron chi connectivity index (χ1n) is 8.16. The fourth-order valence-electron chi connectivity index (χ4n) is 3.14. The summed E-state index contributed by atoms with van der Waals surface area (Å²) in [6.07, 6.45) is 0. The van der Waals surface area contributed by atoms with Gasteiger partial charge < -0.3 is 4.90 Å². The van der Waals surface area contributed by atoms with Crippen molar-refractivity contribution in [3.8, 4) is 0 Å². The second kappa shape index (κ2) is 6.84. The van der Waals surface area contributed by atoms with Gasteiger partial charge in [0.05, 0.1) is 12.2 Å². The molecule has 3 heteroatoms. The second-order valence-electron chi connectivity index (χ2n) is 5.95. The van der Waals surface area contributed by atoms with Gasteiger partial charge in [0, 0.05) is 14.7 Å². The zero-order valence-corrected chi connectivity index (χ0v) is 15.7. The molecule has 0 spiro atoms. The first kappa shape index (κ1) is 16.1. The molecule has 0 bridgehead atoms. The van der Waals surface area contributed by atoms with Crippen molar-refractivity contribution in [2.75, 3.05) is 0 Å². The van der Waals surface area contributed by atoms with Crippen LogP contribution in [0.1, 0.15) is 27.0 Å². The van der Waals surface area contributed by atoms with Crippen LogP contribution in [0, 0.1) is 0 Å². The Morgan fingerprint density at radius 1 is 0.760 bits per heavy atom. The van der Waals surface area contributed by atoms with Crippen LogP contribution in [0.2, 0.25) is 0 Å². The third-order valence-corrected chi connectivity index (χ3v) is 5.48. The minimum atomic E-state index is 0.0690. The van der Waals surface area contributed by atoms with Gasteiger partial charge in [-0.05, 0) is 39.8 Å². The van der Waals surface area contributed by atoms with E-state index in [-0.39, 0.29) is 5.91 Å². The summed E-state index contributed by atoms with van der Waals surface area (Å²) in [6.45, 7) is 0.572. The first-order chi connectivity index (χ1) is 12.3. The third-order valence-electron chi connectivity index (χ3n) is 4.35. The molecule has 1 amide bonds. The lowest BCUT2D eigenvalue weighted by Crippen LogP contribution is -2.23. The van der Waals surface area contributed by atoms with Crippen LogP contribution < -0.4 is 0 Å². The molecule has 3 aromatic rings. The molecule has 0 aromatic heterocycles. The van der Waals surface area contributed by atoms with Crippen molar-refractivity contribution in [3.05, 3.63) is 107 Å². The van der Waals surface area contributed by atoms with Gasteiger partial charge in [0.15, 0.2) is 0 Å². The van der Waals surface area contributed by atoms with E-state index in [1.807, 2.05) is 65.6 Å². The van der Waals surface area contributed by atoms with Crippen LogP contribution >= 0.6 is 22.6 Å². The Labute approximate surface area is 160 Å². The zero-order chi connectivity index (χ0) is 17.2. The molecule has 0 saturated carbocycles. The Morgan fingerprint density at radius 3 is 2.00 bits per heavy atom. The summed E-state index contributed by atoms with van der Waals surface area (Å²) in [5, 5.41) is 0. The molecule has 1 aliphatic rings. The lowest BCUT2D eigenvalue weighted by molar-refractivity contribution is 0.0843. The molecule has 0 N–H and O–H groups in total. The Morgan fingerprint density at radius 2 is 1.32 bits per heavy atom. The summed E-state index contributed by atoms with van der Waals surface area (Å²) < 4.78 is 1.09. The zero-order valence-electron chi connectivity index (χ0n) is 13.5. The standard InChI is InChI=1S/C22H16INO/c23-20(17-11-5-2-6-12-17)21-18-13-7-8-14-19(18)22(25)24(21)15-16-9-3-1-4-10-16/h1-14H,15H2/b21-20+. The van der Waals surface area contributed by atoms with Gasteiger partial charge in [-0.15, -0.1) is 0 Å². The largest absolute Gasteiger partial charge is 0.302 e. The van der Waals surface area contributed by atoms with E-state index in [1.54, 1.807) is 0 Å². The van der Waals surface area contributed by atoms with Crippen LogP contribution in [0.4, 0.5) is 0 Å². The van der Waals surface area contributed by atoms with Crippen LogP contribution in [0.15, 0.2) is 84.9 Å². The quantitative estimate of drug-likeness (QED) is 0.489. The van der Waals surface area contributed by atoms with E-state index in [4.69, 9.17) is 0 Å². The molecule has 2 nitrogen and oxygen atoms in total. The lowest BCUT2D eigenvalue weighted by Gasteiger charge is -2.20. The number of rotatable bonds is 3. The summed E-state index contributed by atoms with van der Waals surface area (Å²) in [7, 11) is 0. The smallest absolute Gasteiger partial charge is 0.259 e. The van der Waals surface area contributed by atoms with Crippen LogP contribution in [0.25, 0.3) is 9.28 Å². The van der Waals surface area contributed by atoms with Gasteiger partial charge in [-0.25, -0.2) is 0 Å². The molecule has 122 valence electrons. The highest BCUT2D eigenvalue weighted by atomic mass is 127. The van der Waals surface area contributed by atoms with Gasteiger partial charge in [0.25, 0.3) is 5.91 Å². The molecule has 0 atom stereocenters. The minimum absolute atomic E-state index is 0.0690. The highest BCUT2D eigenvalue weighted by Crippen LogP contribution is 2.41. The third kappa shape index (κ3) is 3.00. The van der Waals surface area contributed by atoms with Crippen molar-refractivity contribution < 1.29 is 4.79 Å². The number of carbonyl (C=O) groups is 1. The van der Waals surface area contributed by atoms with Crippen LogP contribution in [0.5, 0.6) is 0 Å². The van der Waals surface area contributed by atoms with Gasteiger partial charge in [-0.2, -0.15) is 0 Å². The molecule has 0 unspecified atom stereocenters. The van der Waals surface area contributed by atoms with Gasteiger partial charge >= 0.3 is 0 Å². The van der Waals surface area contributed by atoms with Crippen molar-refractivity contribution in [1.29, 1.82) is 0 Å². The van der Waals surface area contributed by atoms with E-state index in [9.17, 15) is 4.79 Å². The molecule has 0 fully saturated rings. The predicted octanol–water partition coefficient (Wildman–Crippen LogP) is 5.60. The predicted molar refractivity (Wildman–Crippen MR) is 110 cm³/mol. The molecule has 25 heavy (non-hydrogen) atoms. The molecule has 0 saturated heterocycles. The normalized spacial score (nSPS) is 15.2. The molecule has 4 rings (SSSR count). The Balaban J connectivity index is 1.86. The first-order valence-corrected chi connectivity index (χ1v) is 9.24. The summed E-state index contributed by atoms with van der Waals surface area (Å²) >= 11 is 2.36. The van der Waals surface area contributed by atoms with E-state index < -0.39 is 0 Å². The molecule has 3 aromatic carbocycles. The van der Waals surface area contributed by atoms with Crippen LogP contribution in [-0.4, -0.2) is 10.8 Å². The molecular formula is C22H16INO. The topological polar surface area (TPSA) is 20.3 Å². The van der Waals surface area contributed by atoms with E-state index in [0.717, 1.165) is 31.5 Å². The average Bonchev–Trinajstić information content (AvgIpc) is 2.95. The maximum absolute atomic E-state index is 13.0. The van der Waals surface area contributed by atoms with Gasteiger partial charge in [-0.1, -0.05) is 78.9 Å². The van der Waals surface area contributed by atoms with Gasteiger partial charge in [0.2, 0.25) is 0 Å². The van der Waals surface area contributed by atoms with Crippen molar-refractivity contribution in [2.45, 2.75) is 6.54 Å². The van der Waals surface area contributed by atoms with E-state index >= 15 is 0 Å². The number of halogens is 1. The number of fused-ring (bicyclic) bond motifs is 1. The summed E-state index contributed by atoms with van der Waals surface area (Å²) in [5.74, 6) is 0.0690. The fourth-order valence-corrected chi connectivity index (χ4v) is 4.08. The Kier molecular flexibility index (Phi) is 4.40.